The van der Waals surface area contributed by atoms with Crippen molar-refractivity contribution in [1.29, 1.82) is 0 Å². The molecule has 1 saturated heterocycles. The molecule has 1 aliphatic carbocycles. The Morgan fingerprint density at radius 2 is 2.00 bits per heavy atom. The minimum absolute atomic E-state index is 0.323. The monoisotopic (exact) mass is 309 g/mol. The lowest BCUT2D eigenvalue weighted by molar-refractivity contribution is 0.0607. The smallest absolute Gasteiger partial charge is 0.350 e. The molecule has 5 nitrogen and oxygen atoms in total. The maximum atomic E-state index is 11.9. The number of anilines is 2. The zero-order valence-electron chi connectivity index (χ0n) is 12.6. The first-order valence-electron chi connectivity index (χ1n) is 7.55. The van der Waals surface area contributed by atoms with E-state index in [1.807, 2.05) is 0 Å². The Hall–Kier alpha value is -1.27. The van der Waals surface area contributed by atoms with E-state index in [4.69, 9.17) is 10.5 Å². The second-order valence-corrected chi connectivity index (χ2v) is 7.10. The number of nitrogens with two attached hydrogens (primary N) is 1. The van der Waals surface area contributed by atoms with E-state index in [1.54, 1.807) is 0 Å². The molecule has 3 N–H and O–H groups in total. The Labute approximate surface area is 129 Å². The van der Waals surface area contributed by atoms with Crippen LogP contribution in [0, 0.1) is 0 Å². The highest BCUT2D eigenvalue weighted by molar-refractivity contribution is 7.18. The average molecular weight is 309 g/mol. The van der Waals surface area contributed by atoms with Crippen LogP contribution in [0.2, 0.25) is 0 Å². The Kier molecular flexibility index (Phi) is 4.08. The predicted molar refractivity (Wildman–Crippen MR) is 86.2 cm³/mol. The number of nitrogens with zero attached hydrogens (tertiary/aromatic N) is 1. The Bertz CT molecular complexity index is 531. The van der Waals surface area contributed by atoms with Crippen LogP contribution >= 0.6 is 11.3 Å². The van der Waals surface area contributed by atoms with Crippen molar-refractivity contribution in [1.82, 2.24) is 4.90 Å². The third-order valence-electron chi connectivity index (χ3n) is 4.39. The summed E-state index contributed by atoms with van der Waals surface area (Å²) in [4.78, 5) is 14.8. The number of ether oxygens (including phenoxy) is 1. The van der Waals surface area contributed by atoms with E-state index in [1.165, 1.54) is 31.3 Å². The lowest BCUT2D eigenvalue weighted by atomic mass is 10.0. The number of methoxy groups -OCH3 is 1. The molecule has 1 aliphatic heterocycles. The number of nitrogen functional groups attached to an aromatic ring is 1. The van der Waals surface area contributed by atoms with Crippen LogP contribution in [0.15, 0.2) is 0 Å². The molecule has 2 aliphatic rings. The van der Waals surface area contributed by atoms with E-state index in [-0.39, 0.29) is 5.97 Å². The number of hydrogen-bond donors (Lipinski definition) is 2. The molecule has 1 aromatic rings. The molecule has 2 heterocycles. The van der Waals surface area contributed by atoms with Gasteiger partial charge in [0.15, 0.2) is 0 Å². The summed E-state index contributed by atoms with van der Waals surface area (Å²) in [5.74, 6) is 0.198. The highest BCUT2D eigenvalue weighted by Gasteiger charge is 2.34. The Morgan fingerprint density at radius 1 is 1.33 bits per heavy atom. The first kappa shape index (κ1) is 14.7. The van der Waals surface area contributed by atoms with Crippen LogP contribution in [0.3, 0.4) is 0 Å². The van der Waals surface area contributed by atoms with E-state index in [2.05, 4.69) is 17.3 Å². The molecule has 0 radical (unpaired) electrons. The van der Waals surface area contributed by atoms with Crippen LogP contribution in [0.1, 0.15) is 46.8 Å². The van der Waals surface area contributed by atoms with Crippen molar-refractivity contribution in [2.24, 2.45) is 0 Å². The lowest BCUT2D eigenvalue weighted by Crippen LogP contribution is -2.36. The van der Waals surface area contributed by atoms with Crippen molar-refractivity contribution in [3.05, 3.63) is 10.4 Å². The second kappa shape index (κ2) is 5.85. The summed E-state index contributed by atoms with van der Waals surface area (Å²) in [5, 5.41) is 4.72. The number of thiophene rings is 1. The normalized spacial score (nSPS) is 20.5. The molecule has 1 saturated carbocycles. The number of carbonyl (C=O) groups is 1. The fraction of sp³-hybridized carbons (Fsp3) is 0.667. The van der Waals surface area contributed by atoms with Gasteiger partial charge in [-0.05, 0) is 51.7 Å². The van der Waals surface area contributed by atoms with Gasteiger partial charge in [0.2, 0.25) is 0 Å². The summed E-state index contributed by atoms with van der Waals surface area (Å²) in [6, 6.07) is 0.474. The molecular formula is C15H23N3O2S. The molecule has 1 aromatic heterocycles. The fourth-order valence-corrected chi connectivity index (χ4v) is 4.13. The van der Waals surface area contributed by atoms with Crippen LogP contribution in [0.5, 0.6) is 0 Å². The number of nitrogens with one attached hydrogen (secondary N) is 1. The van der Waals surface area contributed by atoms with E-state index < -0.39 is 0 Å². The van der Waals surface area contributed by atoms with Crippen LogP contribution in [-0.2, 0) is 4.74 Å². The molecule has 3 rings (SSSR count). The van der Waals surface area contributed by atoms with Gasteiger partial charge in [0.1, 0.15) is 4.88 Å². The van der Waals surface area contributed by atoms with Gasteiger partial charge in [-0.2, -0.15) is 0 Å². The maximum absolute atomic E-state index is 11.9. The van der Waals surface area contributed by atoms with Crippen molar-refractivity contribution in [3.63, 3.8) is 0 Å². The summed E-state index contributed by atoms with van der Waals surface area (Å²) in [7, 11) is 3.56. The van der Waals surface area contributed by atoms with Gasteiger partial charge in [0, 0.05) is 11.6 Å². The van der Waals surface area contributed by atoms with E-state index >= 15 is 0 Å². The standard InChI is InChI=1S/C15H23N3O2S/c1-18-7-5-10(6-8-18)17-14-11(9-3-4-9)12(16)13(21-14)15(19)20-2/h9-10,17H,3-8,16H2,1-2H3. The first-order chi connectivity index (χ1) is 10.1. The predicted octanol–water partition coefficient (Wildman–Crippen LogP) is 2.50. The molecule has 0 bridgehead atoms. The molecular weight excluding hydrogens is 286 g/mol. The quantitative estimate of drug-likeness (QED) is 0.837. The lowest BCUT2D eigenvalue weighted by Gasteiger charge is -2.30. The van der Waals surface area contributed by atoms with Crippen molar-refractivity contribution in [2.45, 2.75) is 37.6 Å². The van der Waals surface area contributed by atoms with Crippen LogP contribution in [0.4, 0.5) is 10.7 Å². The molecule has 0 aromatic carbocycles. The van der Waals surface area contributed by atoms with Gasteiger partial charge < -0.3 is 20.7 Å². The molecule has 0 spiro atoms. The number of piperidine rings is 1. The molecule has 0 unspecified atom stereocenters. The highest BCUT2D eigenvalue weighted by Crippen LogP contribution is 2.51. The zero-order valence-corrected chi connectivity index (χ0v) is 13.5. The third kappa shape index (κ3) is 3.01. The number of likely N-dealkylation sites (tertiary alicyclic amines) is 1. The second-order valence-electron chi connectivity index (χ2n) is 6.08. The van der Waals surface area contributed by atoms with Gasteiger partial charge in [0.05, 0.1) is 17.8 Å². The minimum atomic E-state index is -0.323. The minimum Gasteiger partial charge on any atom is -0.465 e. The van der Waals surface area contributed by atoms with Crippen molar-refractivity contribution in [2.75, 3.05) is 38.3 Å². The average Bonchev–Trinajstić information content (AvgIpc) is 3.26. The van der Waals surface area contributed by atoms with Gasteiger partial charge >= 0.3 is 5.97 Å². The number of hydrogen-bond acceptors (Lipinski definition) is 6. The van der Waals surface area contributed by atoms with Crippen LogP contribution in [-0.4, -0.2) is 44.2 Å². The molecule has 0 amide bonds. The van der Waals surface area contributed by atoms with Gasteiger partial charge in [-0.1, -0.05) is 0 Å². The number of carbonyl (C=O) groups excluding carboxylic acids is 1. The van der Waals surface area contributed by atoms with Crippen molar-refractivity contribution in [3.8, 4) is 0 Å². The van der Waals surface area contributed by atoms with Gasteiger partial charge in [-0.3, -0.25) is 0 Å². The largest absolute Gasteiger partial charge is 0.465 e. The van der Waals surface area contributed by atoms with Gasteiger partial charge in [0.25, 0.3) is 0 Å². The molecule has 116 valence electrons. The highest BCUT2D eigenvalue weighted by atomic mass is 32.1. The third-order valence-corrected chi connectivity index (χ3v) is 5.53. The Balaban J connectivity index is 1.81. The summed E-state index contributed by atoms with van der Waals surface area (Å²) >= 11 is 1.46. The summed E-state index contributed by atoms with van der Waals surface area (Å²) in [6.07, 6.45) is 4.60. The van der Waals surface area contributed by atoms with Crippen molar-refractivity contribution >= 4 is 28.0 Å². The topological polar surface area (TPSA) is 67.6 Å². The Morgan fingerprint density at radius 3 is 2.57 bits per heavy atom. The summed E-state index contributed by atoms with van der Waals surface area (Å²) in [6.45, 7) is 2.22. The SMILES string of the molecule is COC(=O)c1sc(NC2CCN(C)CC2)c(C2CC2)c1N. The summed E-state index contributed by atoms with van der Waals surface area (Å²) in [5.41, 5.74) is 7.99. The molecule has 21 heavy (non-hydrogen) atoms. The van der Waals surface area contributed by atoms with E-state index in [0.717, 1.165) is 36.5 Å². The molecule has 2 fully saturated rings. The van der Waals surface area contributed by atoms with Gasteiger partial charge in [-0.25, -0.2) is 4.79 Å². The number of esters is 1. The van der Waals surface area contributed by atoms with Crippen LogP contribution in [0.25, 0.3) is 0 Å². The van der Waals surface area contributed by atoms with E-state index in [9.17, 15) is 4.79 Å². The number of rotatable bonds is 4. The fourth-order valence-electron chi connectivity index (χ4n) is 2.92. The summed E-state index contributed by atoms with van der Waals surface area (Å²) < 4.78 is 4.85. The maximum Gasteiger partial charge on any atom is 0.350 e. The molecule has 0 atom stereocenters. The van der Waals surface area contributed by atoms with Crippen LogP contribution < -0.4 is 11.1 Å². The van der Waals surface area contributed by atoms with Crippen molar-refractivity contribution < 1.29 is 9.53 Å². The van der Waals surface area contributed by atoms with Gasteiger partial charge in [-0.15, -0.1) is 11.3 Å². The molecule has 6 heteroatoms. The zero-order chi connectivity index (χ0) is 15.0. The first-order valence-corrected chi connectivity index (χ1v) is 8.37. The van der Waals surface area contributed by atoms with E-state index in [0.29, 0.717) is 22.5 Å².